The van der Waals surface area contributed by atoms with E-state index in [2.05, 4.69) is 4.98 Å². The third-order valence-corrected chi connectivity index (χ3v) is 3.89. The van der Waals surface area contributed by atoms with Crippen LogP contribution < -0.4 is 5.73 Å². The van der Waals surface area contributed by atoms with Gasteiger partial charge in [-0.15, -0.1) is 0 Å². The molecule has 3 rings (SSSR count). The quantitative estimate of drug-likeness (QED) is 0.806. The SMILES string of the molecule is NC1CCCC(O)(c2cnc3ccccc3c2)C1. The maximum atomic E-state index is 10.8. The van der Waals surface area contributed by atoms with Gasteiger partial charge in [-0.1, -0.05) is 18.2 Å². The fourth-order valence-corrected chi connectivity index (χ4v) is 2.88. The topological polar surface area (TPSA) is 59.1 Å². The predicted octanol–water partition coefficient (Wildman–Crippen LogP) is 2.32. The zero-order valence-corrected chi connectivity index (χ0v) is 10.3. The number of rotatable bonds is 1. The van der Waals surface area contributed by atoms with Gasteiger partial charge >= 0.3 is 0 Å². The molecule has 1 aliphatic carbocycles. The number of nitrogens with zero attached hydrogens (tertiary/aromatic N) is 1. The van der Waals surface area contributed by atoms with Crippen molar-refractivity contribution in [3.63, 3.8) is 0 Å². The summed E-state index contributed by atoms with van der Waals surface area (Å²) in [6.07, 6.45) is 5.18. The number of nitrogens with two attached hydrogens (primary N) is 1. The normalized spacial score (nSPS) is 28.4. The van der Waals surface area contributed by atoms with Crippen LogP contribution in [0.3, 0.4) is 0 Å². The van der Waals surface area contributed by atoms with Gasteiger partial charge in [0.25, 0.3) is 0 Å². The lowest BCUT2D eigenvalue weighted by Crippen LogP contribution is -2.39. The Morgan fingerprint density at radius 3 is 3.00 bits per heavy atom. The molecule has 2 aromatic rings. The number of benzene rings is 1. The van der Waals surface area contributed by atoms with Gasteiger partial charge < -0.3 is 10.8 Å². The number of para-hydroxylation sites is 1. The molecule has 2 unspecified atom stereocenters. The minimum absolute atomic E-state index is 0.0928. The van der Waals surface area contributed by atoms with Crippen LogP contribution in [0.2, 0.25) is 0 Å². The predicted molar refractivity (Wildman–Crippen MR) is 72.1 cm³/mol. The van der Waals surface area contributed by atoms with Crippen molar-refractivity contribution in [1.82, 2.24) is 4.98 Å². The van der Waals surface area contributed by atoms with Crippen molar-refractivity contribution in [2.45, 2.75) is 37.3 Å². The second-order valence-electron chi connectivity index (χ2n) is 5.30. The van der Waals surface area contributed by atoms with Crippen molar-refractivity contribution in [3.05, 3.63) is 42.1 Å². The van der Waals surface area contributed by atoms with E-state index >= 15 is 0 Å². The van der Waals surface area contributed by atoms with Gasteiger partial charge in [0.2, 0.25) is 0 Å². The van der Waals surface area contributed by atoms with Crippen LogP contribution in [0.5, 0.6) is 0 Å². The molecule has 0 saturated heterocycles. The molecule has 0 aliphatic heterocycles. The van der Waals surface area contributed by atoms with E-state index in [9.17, 15) is 5.11 Å². The molecule has 1 aromatic carbocycles. The Morgan fingerprint density at radius 1 is 1.33 bits per heavy atom. The zero-order chi connectivity index (χ0) is 12.6. The van der Waals surface area contributed by atoms with E-state index in [0.29, 0.717) is 6.42 Å². The van der Waals surface area contributed by atoms with Gasteiger partial charge in [0, 0.05) is 23.2 Å². The number of aliphatic hydroxyl groups is 1. The Labute approximate surface area is 107 Å². The molecular weight excluding hydrogens is 224 g/mol. The second kappa shape index (κ2) is 4.34. The number of fused-ring (bicyclic) bond motifs is 1. The Hall–Kier alpha value is -1.45. The molecule has 0 bridgehead atoms. The lowest BCUT2D eigenvalue weighted by atomic mass is 9.78. The fourth-order valence-electron chi connectivity index (χ4n) is 2.88. The van der Waals surface area contributed by atoms with Gasteiger partial charge in [0.05, 0.1) is 11.1 Å². The summed E-state index contributed by atoms with van der Waals surface area (Å²) >= 11 is 0. The highest BCUT2D eigenvalue weighted by atomic mass is 16.3. The van der Waals surface area contributed by atoms with Crippen LogP contribution in [0.15, 0.2) is 36.5 Å². The monoisotopic (exact) mass is 242 g/mol. The van der Waals surface area contributed by atoms with E-state index in [1.807, 2.05) is 30.3 Å². The first kappa shape index (κ1) is 11.6. The van der Waals surface area contributed by atoms with Gasteiger partial charge in [-0.05, 0) is 37.8 Å². The molecule has 2 atom stereocenters. The molecule has 3 heteroatoms. The average molecular weight is 242 g/mol. The first-order valence-corrected chi connectivity index (χ1v) is 6.51. The van der Waals surface area contributed by atoms with Crippen molar-refractivity contribution < 1.29 is 5.11 Å². The first-order chi connectivity index (χ1) is 8.67. The van der Waals surface area contributed by atoms with E-state index in [-0.39, 0.29) is 6.04 Å². The molecule has 1 aromatic heterocycles. The standard InChI is InChI=1S/C15H18N2O/c16-13-5-3-7-15(18,9-13)12-8-11-4-1-2-6-14(11)17-10-12/h1-2,4,6,8,10,13,18H,3,5,7,9,16H2. The van der Waals surface area contributed by atoms with Crippen molar-refractivity contribution in [2.24, 2.45) is 5.73 Å². The largest absolute Gasteiger partial charge is 0.385 e. The molecule has 0 radical (unpaired) electrons. The van der Waals surface area contributed by atoms with E-state index in [0.717, 1.165) is 35.7 Å². The summed E-state index contributed by atoms with van der Waals surface area (Å²) in [6, 6.07) is 10.1. The van der Waals surface area contributed by atoms with Crippen molar-refractivity contribution in [3.8, 4) is 0 Å². The third kappa shape index (κ3) is 2.00. The van der Waals surface area contributed by atoms with E-state index in [1.165, 1.54) is 0 Å². The molecule has 0 amide bonds. The maximum absolute atomic E-state index is 10.8. The van der Waals surface area contributed by atoms with Crippen LogP contribution in [0.1, 0.15) is 31.2 Å². The lowest BCUT2D eigenvalue weighted by molar-refractivity contribution is -0.00731. The molecule has 3 N–H and O–H groups in total. The molecule has 18 heavy (non-hydrogen) atoms. The van der Waals surface area contributed by atoms with Crippen LogP contribution in [-0.2, 0) is 5.60 Å². The lowest BCUT2D eigenvalue weighted by Gasteiger charge is -2.35. The summed E-state index contributed by atoms with van der Waals surface area (Å²) in [5, 5.41) is 11.8. The van der Waals surface area contributed by atoms with Crippen LogP contribution in [-0.4, -0.2) is 16.1 Å². The Morgan fingerprint density at radius 2 is 2.17 bits per heavy atom. The Bertz CT molecular complexity index is 569. The number of aromatic nitrogens is 1. The smallest absolute Gasteiger partial charge is 0.0926 e. The molecule has 1 aliphatic rings. The molecular formula is C15H18N2O. The van der Waals surface area contributed by atoms with E-state index < -0.39 is 5.60 Å². The number of pyridine rings is 1. The Balaban J connectivity index is 2.02. The van der Waals surface area contributed by atoms with Gasteiger partial charge in [-0.3, -0.25) is 4.98 Å². The summed E-state index contributed by atoms with van der Waals surface area (Å²) < 4.78 is 0. The minimum atomic E-state index is -0.797. The van der Waals surface area contributed by atoms with Crippen LogP contribution in [0.25, 0.3) is 10.9 Å². The summed E-state index contributed by atoms with van der Waals surface area (Å²) in [5.41, 5.74) is 7.05. The van der Waals surface area contributed by atoms with Crippen LogP contribution in [0, 0.1) is 0 Å². The van der Waals surface area contributed by atoms with Crippen LogP contribution in [0.4, 0.5) is 0 Å². The molecule has 1 fully saturated rings. The summed E-state index contributed by atoms with van der Waals surface area (Å²) in [5.74, 6) is 0. The molecule has 0 spiro atoms. The highest BCUT2D eigenvalue weighted by Crippen LogP contribution is 2.36. The summed E-state index contributed by atoms with van der Waals surface area (Å²) in [4.78, 5) is 4.43. The number of hydrogen-bond donors (Lipinski definition) is 2. The van der Waals surface area contributed by atoms with Crippen molar-refractivity contribution >= 4 is 10.9 Å². The van der Waals surface area contributed by atoms with Gasteiger partial charge in [0.1, 0.15) is 0 Å². The molecule has 3 nitrogen and oxygen atoms in total. The first-order valence-electron chi connectivity index (χ1n) is 6.51. The van der Waals surface area contributed by atoms with Crippen molar-refractivity contribution in [1.29, 1.82) is 0 Å². The Kier molecular flexibility index (Phi) is 2.80. The highest BCUT2D eigenvalue weighted by molar-refractivity contribution is 5.78. The maximum Gasteiger partial charge on any atom is 0.0926 e. The highest BCUT2D eigenvalue weighted by Gasteiger charge is 2.34. The third-order valence-electron chi connectivity index (χ3n) is 3.89. The van der Waals surface area contributed by atoms with Gasteiger partial charge in [-0.25, -0.2) is 0 Å². The average Bonchev–Trinajstić information content (AvgIpc) is 2.38. The van der Waals surface area contributed by atoms with Crippen molar-refractivity contribution in [2.75, 3.05) is 0 Å². The molecule has 1 saturated carbocycles. The second-order valence-corrected chi connectivity index (χ2v) is 5.30. The zero-order valence-electron chi connectivity index (χ0n) is 10.3. The fraction of sp³-hybridized carbons (Fsp3) is 0.400. The molecule has 1 heterocycles. The van der Waals surface area contributed by atoms with Gasteiger partial charge in [0.15, 0.2) is 0 Å². The number of hydrogen-bond acceptors (Lipinski definition) is 3. The summed E-state index contributed by atoms with van der Waals surface area (Å²) in [7, 11) is 0. The minimum Gasteiger partial charge on any atom is -0.385 e. The van der Waals surface area contributed by atoms with E-state index in [4.69, 9.17) is 5.73 Å². The van der Waals surface area contributed by atoms with Crippen LogP contribution >= 0.6 is 0 Å². The van der Waals surface area contributed by atoms with E-state index in [1.54, 1.807) is 6.20 Å². The summed E-state index contributed by atoms with van der Waals surface area (Å²) in [6.45, 7) is 0. The van der Waals surface area contributed by atoms with Gasteiger partial charge in [-0.2, -0.15) is 0 Å². The molecule has 94 valence electrons.